The molecule has 1 unspecified atom stereocenters. The van der Waals surface area contributed by atoms with E-state index in [1.165, 1.54) is 23.9 Å². The minimum absolute atomic E-state index is 0.0181. The molecule has 0 radical (unpaired) electrons. The van der Waals surface area contributed by atoms with Crippen molar-refractivity contribution in [2.75, 3.05) is 12.0 Å². The summed E-state index contributed by atoms with van der Waals surface area (Å²) >= 11 is 1.46. The molecule has 30 heavy (non-hydrogen) atoms. The lowest BCUT2D eigenvalue weighted by Gasteiger charge is -2.23. The maximum absolute atomic E-state index is 13.3. The molecule has 3 aromatic carbocycles. The SMILES string of the molecule is COc1ccc(C2S/C(=C\c3ccc([N+](=O)[O-])cc3)C(=O)N2c2ccccc2)cc1. The average molecular weight is 418 g/mol. The molecule has 0 spiro atoms. The van der Waals surface area contributed by atoms with Gasteiger partial charge in [-0.1, -0.05) is 42.1 Å². The average Bonchev–Trinajstić information content (AvgIpc) is 3.10. The Morgan fingerprint density at radius 2 is 1.67 bits per heavy atom. The van der Waals surface area contributed by atoms with E-state index >= 15 is 0 Å². The topological polar surface area (TPSA) is 72.7 Å². The van der Waals surface area contributed by atoms with Crippen molar-refractivity contribution in [1.29, 1.82) is 0 Å². The van der Waals surface area contributed by atoms with Crippen LogP contribution < -0.4 is 9.64 Å². The van der Waals surface area contributed by atoms with Crippen LogP contribution in [0.5, 0.6) is 5.75 Å². The molecule has 0 N–H and O–H groups in total. The third kappa shape index (κ3) is 3.92. The Hall–Kier alpha value is -3.58. The molecule has 1 heterocycles. The molecular formula is C23H18N2O4S. The van der Waals surface area contributed by atoms with Gasteiger partial charge in [-0.2, -0.15) is 0 Å². The lowest BCUT2D eigenvalue weighted by Crippen LogP contribution is -2.27. The number of non-ortho nitro benzene ring substituents is 1. The molecule has 1 fully saturated rings. The standard InChI is InChI=1S/C23H18N2O4S/c1-29-20-13-9-17(10-14-20)23-24(18-5-3-2-4-6-18)22(26)21(30-23)15-16-7-11-19(12-8-16)25(27)28/h2-15,23H,1H3/b21-15-. The van der Waals surface area contributed by atoms with Gasteiger partial charge in [-0.25, -0.2) is 0 Å². The van der Waals surface area contributed by atoms with E-state index in [0.717, 1.165) is 22.6 Å². The second kappa shape index (κ2) is 8.42. The maximum atomic E-state index is 13.3. The van der Waals surface area contributed by atoms with E-state index in [1.807, 2.05) is 54.6 Å². The van der Waals surface area contributed by atoms with Gasteiger partial charge in [0, 0.05) is 17.8 Å². The van der Waals surface area contributed by atoms with E-state index in [0.29, 0.717) is 4.91 Å². The molecule has 0 saturated carbocycles. The highest BCUT2D eigenvalue weighted by Crippen LogP contribution is 2.48. The van der Waals surface area contributed by atoms with Gasteiger partial charge in [0.2, 0.25) is 0 Å². The molecule has 3 aromatic rings. The van der Waals surface area contributed by atoms with Crippen molar-refractivity contribution in [3.8, 4) is 5.75 Å². The molecule has 0 aromatic heterocycles. The van der Waals surface area contributed by atoms with Crippen molar-refractivity contribution in [3.05, 3.63) is 105 Å². The Morgan fingerprint density at radius 1 is 1.00 bits per heavy atom. The predicted molar refractivity (Wildman–Crippen MR) is 118 cm³/mol. The van der Waals surface area contributed by atoms with Crippen molar-refractivity contribution in [1.82, 2.24) is 0 Å². The highest BCUT2D eigenvalue weighted by molar-refractivity contribution is 8.05. The Bertz CT molecular complexity index is 1100. The Labute approximate surface area is 177 Å². The van der Waals surface area contributed by atoms with Crippen LogP contribution in [0.2, 0.25) is 0 Å². The number of nitro benzene ring substituents is 1. The van der Waals surface area contributed by atoms with Crippen LogP contribution in [-0.4, -0.2) is 17.9 Å². The van der Waals surface area contributed by atoms with Crippen LogP contribution in [-0.2, 0) is 4.79 Å². The maximum Gasteiger partial charge on any atom is 0.269 e. The first-order chi connectivity index (χ1) is 14.6. The number of nitrogens with zero attached hydrogens (tertiary/aromatic N) is 2. The summed E-state index contributed by atoms with van der Waals surface area (Å²) in [4.78, 5) is 26.1. The smallest absolute Gasteiger partial charge is 0.269 e. The minimum Gasteiger partial charge on any atom is -0.497 e. The molecule has 1 aliphatic heterocycles. The number of nitro groups is 1. The molecule has 1 amide bonds. The first kappa shape index (κ1) is 19.7. The highest BCUT2D eigenvalue weighted by Gasteiger charge is 2.38. The van der Waals surface area contributed by atoms with Crippen LogP contribution >= 0.6 is 11.8 Å². The van der Waals surface area contributed by atoms with E-state index in [9.17, 15) is 14.9 Å². The molecule has 1 saturated heterocycles. The molecule has 1 aliphatic rings. The van der Waals surface area contributed by atoms with E-state index in [1.54, 1.807) is 30.2 Å². The van der Waals surface area contributed by atoms with Gasteiger partial charge in [-0.15, -0.1) is 0 Å². The molecule has 7 heteroatoms. The van der Waals surface area contributed by atoms with Gasteiger partial charge in [0.1, 0.15) is 11.1 Å². The van der Waals surface area contributed by atoms with Crippen LogP contribution in [0.15, 0.2) is 83.8 Å². The summed E-state index contributed by atoms with van der Waals surface area (Å²) in [5.74, 6) is 0.645. The van der Waals surface area contributed by atoms with Gasteiger partial charge in [0.05, 0.1) is 16.9 Å². The summed E-state index contributed by atoms with van der Waals surface area (Å²) in [6.07, 6.45) is 1.77. The van der Waals surface area contributed by atoms with Gasteiger partial charge in [-0.05, 0) is 53.6 Å². The summed E-state index contributed by atoms with van der Waals surface area (Å²) in [5.41, 5.74) is 2.54. The number of hydrogen-bond acceptors (Lipinski definition) is 5. The quantitative estimate of drug-likeness (QED) is 0.314. The molecular weight excluding hydrogens is 400 g/mol. The normalized spacial score (nSPS) is 17.4. The van der Waals surface area contributed by atoms with E-state index in [-0.39, 0.29) is 17.0 Å². The third-order valence-electron chi connectivity index (χ3n) is 4.74. The lowest BCUT2D eigenvalue weighted by molar-refractivity contribution is -0.384. The number of ether oxygens (including phenoxy) is 1. The highest BCUT2D eigenvalue weighted by atomic mass is 32.2. The lowest BCUT2D eigenvalue weighted by atomic mass is 10.1. The van der Waals surface area contributed by atoms with Crippen molar-refractivity contribution < 1.29 is 14.5 Å². The molecule has 4 rings (SSSR count). The number of carbonyl (C=O) groups is 1. The largest absolute Gasteiger partial charge is 0.497 e. The number of anilines is 1. The number of carbonyl (C=O) groups excluding carboxylic acids is 1. The van der Waals surface area contributed by atoms with Gasteiger partial charge in [0.15, 0.2) is 0 Å². The molecule has 6 nitrogen and oxygen atoms in total. The summed E-state index contributed by atoms with van der Waals surface area (Å²) in [5, 5.41) is 10.6. The fourth-order valence-corrected chi connectivity index (χ4v) is 4.47. The number of para-hydroxylation sites is 1. The number of rotatable bonds is 5. The fourth-order valence-electron chi connectivity index (χ4n) is 3.21. The minimum atomic E-state index is -0.441. The van der Waals surface area contributed by atoms with Crippen LogP contribution in [0.3, 0.4) is 0 Å². The molecule has 0 bridgehead atoms. The van der Waals surface area contributed by atoms with Gasteiger partial charge in [-0.3, -0.25) is 19.8 Å². The fraction of sp³-hybridized carbons (Fsp3) is 0.0870. The van der Waals surface area contributed by atoms with Gasteiger partial charge >= 0.3 is 0 Å². The molecule has 1 atom stereocenters. The van der Waals surface area contributed by atoms with E-state index in [4.69, 9.17) is 4.74 Å². The second-order valence-corrected chi connectivity index (χ2v) is 7.73. The Kier molecular flexibility index (Phi) is 5.54. The number of benzene rings is 3. The monoisotopic (exact) mass is 418 g/mol. The van der Waals surface area contributed by atoms with Gasteiger partial charge in [0.25, 0.3) is 11.6 Å². The molecule has 150 valence electrons. The van der Waals surface area contributed by atoms with E-state index < -0.39 is 4.92 Å². The second-order valence-electron chi connectivity index (χ2n) is 6.61. The first-order valence-corrected chi connectivity index (χ1v) is 10.1. The Morgan fingerprint density at radius 3 is 2.27 bits per heavy atom. The summed E-state index contributed by atoms with van der Waals surface area (Å²) in [6.45, 7) is 0. The van der Waals surface area contributed by atoms with Crippen LogP contribution in [0.4, 0.5) is 11.4 Å². The van der Waals surface area contributed by atoms with E-state index in [2.05, 4.69) is 0 Å². The number of thioether (sulfide) groups is 1. The van der Waals surface area contributed by atoms with Crippen LogP contribution in [0.1, 0.15) is 16.5 Å². The van der Waals surface area contributed by atoms with Crippen molar-refractivity contribution >= 4 is 35.1 Å². The van der Waals surface area contributed by atoms with Gasteiger partial charge < -0.3 is 4.74 Å². The zero-order valence-electron chi connectivity index (χ0n) is 16.1. The van der Waals surface area contributed by atoms with Crippen molar-refractivity contribution in [2.45, 2.75) is 5.37 Å². The third-order valence-corrected chi connectivity index (χ3v) is 5.99. The number of amides is 1. The zero-order chi connectivity index (χ0) is 21.1. The Balaban J connectivity index is 1.71. The first-order valence-electron chi connectivity index (χ1n) is 9.22. The van der Waals surface area contributed by atoms with Crippen LogP contribution in [0.25, 0.3) is 6.08 Å². The number of methoxy groups -OCH3 is 1. The van der Waals surface area contributed by atoms with Crippen molar-refractivity contribution in [2.24, 2.45) is 0 Å². The summed E-state index contributed by atoms with van der Waals surface area (Å²) in [7, 11) is 1.62. The predicted octanol–water partition coefficient (Wildman–Crippen LogP) is 5.42. The summed E-state index contributed by atoms with van der Waals surface area (Å²) in [6, 6.07) is 23.3. The zero-order valence-corrected chi connectivity index (χ0v) is 16.9. The summed E-state index contributed by atoms with van der Waals surface area (Å²) < 4.78 is 5.24. The number of hydrogen-bond donors (Lipinski definition) is 0. The molecule has 0 aliphatic carbocycles. The van der Waals surface area contributed by atoms with Crippen molar-refractivity contribution in [3.63, 3.8) is 0 Å². The van der Waals surface area contributed by atoms with Crippen LogP contribution in [0, 0.1) is 10.1 Å².